The Morgan fingerprint density at radius 1 is 0.920 bits per heavy atom. The summed E-state index contributed by atoms with van der Waals surface area (Å²) in [7, 11) is 0. The van der Waals surface area contributed by atoms with E-state index in [9.17, 15) is 38.4 Å². The number of nitrogens with one attached hydrogen (secondary N) is 4. The van der Waals surface area contributed by atoms with Crippen LogP contribution in [-0.2, 0) is 49.5 Å². The number of hydrogen-bond acceptors (Lipinski definition) is 9. The van der Waals surface area contributed by atoms with Crippen molar-refractivity contribution in [2.24, 2.45) is 5.92 Å². The topological polar surface area (TPSA) is 200 Å². The molecule has 0 radical (unpaired) electrons. The largest absolute Gasteiger partial charge is 0.461 e. The lowest BCUT2D eigenvalue weighted by Gasteiger charge is -2.31. The smallest absolute Gasteiger partial charge is 0.328 e. The normalized spacial score (nSPS) is 27.3. The van der Waals surface area contributed by atoms with Crippen LogP contribution in [0.15, 0.2) is 54.6 Å². The van der Waals surface area contributed by atoms with E-state index in [0.29, 0.717) is 18.3 Å². The highest BCUT2D eigenvalue weighted by atomic mass is 16.5. The molecule has 15 nitrogen and oxygen atoms in total. The number of allylic oxidation sites excluding steroid dienone is 3. The predicted octanol–water partition coefficient (Wildman–Crippen LogP) is -0.696. The number of aldehydes is 1. The molecule has 50 heavy (non-hydrogen) atoms. The number of carbonyl (C=O) groups is 8. The number of benzene rings is 1. The molecule has 4 N–H and O–H groups in total. The van der Waals surface area contributed by atoms with Gasteiger partial charge in [0.25, 0.3) is 0 Å². The summed E-state index contributed by atoms with van der Waals surface area (Å²) in [5.74, 6) is -4.65. The van der Waals surface area contributed by atoms with Gasteiger partial charge in [-0.3, -0.25) is 33.6 Å². The SMILES string of the molecule is CC1C[C@H]2C(=O)OC[C@H](NC(=O)[C@H](Cc3ccccc3)NC(=O)/C=C/C=C/C=O)C(=O)N3CCC[C@H]3C(=O)N[C@@H](C)C(=O)N[C@@H](C)C(=O)N2C1. The molecule has 4 rings (SSSR count). The van der Waals surface area contributed by atoms with Crippen molar-refractivity contribution in [3.63, 3.8) is 0 Å². The van der Waals surface area contributed by atoms with E-state index in [1.54, 1.807) is 30.3 Å². The minimum absolute atomic E-state index is 0.0427. The average Bonchev–Trinajstić information content (AvgIpc) is 3.74. The van der Waals surface area contributed by atoms with Crippen molar-refractivity contribution in [2.45, 2.75) is 82.7 Å². The lowest BCUT2D eigenvalue weighted by atomic mass is 10.0. The summed E-state index contributed by atoms with van der Waals surface area (Å²) in [6.45, 7) is 4.62. The second-order valence-electron chi connectivity index (χ2n) is 12.8. The zero-order valence-corrected chi connectivity index (χ0v) is 28.3. The van der Waals surface area contributed by atoms with Gasteiger partial charge in [0.2, 0.25) is 35.4 Å². The first-order valence-electron chi connectivity index (χ1n) is 16.7. The van der Waals surface area contributed by atoms with Gasteiger partial charge in [-0.05, 0) is 50.7 Å². The third-order valence-electron chi connectivity index (χ3n) is 8.86. The highest BCUT2D eigenvalue weighted by Crippen LogP contribution is 2.25. The molecule has 15 heteroatoms. The first-order valence-corrected chi connectivity index (χ1v) is 16.7. The number of nitrogens with zero attached hydrogens (tertiary/aromatic N) is 2. The van der Waals surface area contributed by atoms with Crippen molar-refractivity contribution in [3.8, 4) is 0 Å². The maximum Gasteiger partial charge on any atom is 0.328 e. The Labute approximate surface area is 290 Å². The molecule has 1 unspecified atom stereocenters. The number of carbonyl (C=O) groups excluding carboxylic acids is 8. The van der Waals surface area contributed by atoms with E-state index in [-0.39, 0.29) is 38.3 Å². The third-order valence-corrected chi connectivity index (χ3v) is 8.86. The van der Waals surface area contributed by atoms with Gasteiger partial charge in [-0.1, -0.05) is 49.4 Å². The molecule has 0 aliphatic carbocycles. The van der Waals surface area contributed by atoms with Crippen molar-refractivity contribution in [1.29, 1.82) is 0 Å². The molecule has 0 bridgehead atoms. The fraction of sp³-hybridized carbons (Fsp3) is 0.486. The summed E-state index contributed by atoms with van der Waals surface area (Å²) in [4.78, 5) is 107. The summed E-state index contributed by atoms with van der Waals surface area (Å²) in [6.07, 6.45) is 6.62. The molecule has 0 saturated carbocycles. The summed E-state index contributed by atoms with van der Waals surface area (Å²) in [5, 5.41) is 10.5. The van der Waals surface area contributed by atoms with Gasteiger partial charge < -0.3 is 35.8 Å². The third kappa shape index (κ3) is 9.64. The summed E-state index contributed by atoms with van der Waals surface area (Å²) >= 11 is 0. The number of ether oxygens (including phenoxy) is 1. The molecule has 6 amide bonds. The van der Waals surface area contributed by atoms with E-state index >= 15 is 0 Å². The Hall–Kier alpha value is -5.34. The van der Waals surface area contributed by atoms with Crippen LogP contribution in [0.5, 0.6) is 0 Å². The number of hydrogen-bond donors (Lipinski definition) is 4. The highest BCUT2D eigenvalue weighted by molar-refractivity contribution is 5.98. The molecule has 3 aliphatic rings. The maximum absolute atomic E-state index is 14.1. The van der Waals surface area contributed by atoms with Crippen LogP contribution in [0.3, 0.4) is 0 Å². The van der Waals surface area contributed by atoms with Crippen LogP contribution in [0.1, 0.15) is 45.6 Å². The van der Waals surface area contributed by atoms with Crippen molar-refractivity contribution in [1.82, 2.24) is 31.1 Å². The molecule has 1 aromatic carbocycles. The van der Waals surface area contributed by atoms with Crippen LogP contribution in [0, 0.1) is 5.92 Å². The standard InChI is InChI=1S/C35H44N6O9/c1-21-17-28-35(49)50-20-26(39-31(45)25(18-24-11-6-4-7-12-24)38-29(43)14-8-5-9-16-42)34(48)40-15-10-13-27(40)32(46)36-22(2)30(44)37-23(3)33(47)41(28)19-21/h4-9,11-12,14,16,21-23,25-28H,10,13,15,17-20H2,1-3H3,(H,36,46)(H,37,44)(H,38,43)(H,39,45)/b9-5+,14-8+/t21?,22-,23-,25-,26-,27-,28-/m0/s1. The number of esters is 1. The van der Waals surface area contributed by atoms with Gasteiger partial charge in [0.1, 0.15) is 49.1 Å². The quantitative estimate of drug-likeness (QED) is 0.118. The predicted molar refractivity (Wildman–Crippen MR) is 179 cm³/mol. The van der Waals surface area contributed by atoms with E-state index < -0.39 is 84.3 Å². The van der Waals surface area contributed by atoms with Crippen molar-refractivity contribution in [2.75, 3.05) is 19.7 Å². The minimum Gasteiger partial charge on any atom is -0.461 e. The van der Waals surface area contributed by atoms with Crippen LogP contribution in [0.25, 0.3) is 0 Å². The van der Waals surface area contributed by atoms with E-state index in [1.165, 1.54) is 41.9 Å². The highest BCUT2D eigenvalue weighted by Gasteiger charge is 2.43. The Morgan fingerprint density at radius 3 is 2.36 bits per heavy atom. The minimum atomic E-state index is -1.46. The number of amides is 6. The van der Waals surface area contributed by atoms with E-state index in [0.717, 1.165) is 6.08 Å². The van der Waals surface area contributed by atoms with Crippen LogP contribution in [-0.4, -0.2) is 113 Å². The molecule has 3 aliphatic heterocycles. The van der Waals surface area contributed by atoms with Gasteiger partial charge in [0.15, 0.2) is 0 Å². The Balaban J connectivity index is 1.64. The summed E-state index contributed by atoms with van der Waals surface area (Å²) in [6, 6.07) is 2.20. The van der Waals surface area contributed by atoms with E-state index in [1.807, 2.05) is 6.92 Å². The fourth-order valence-corrected chi connectivity index (χ4v) is 6.28. The molecule has 0 aromatic heterocycles. The molecule has 7 atom stereocenters. The first-order chi connectivity index (χ1) is 23.9. The molecular weight excluding hydrogens is 648 g/mol. The lowest BCUT2D eigenvalue weighted by Crippen LogP contribution is -2.60. The van der Waals surface area contributed by atoms with E-state index in [2.05, 4.69) is 21.3 Å². The van der Waals surface area contributed by atoms with Gasteiger partial charge >= 0.3 is 5.97 Å². The summed E-state index contributed by atoms with van der Waals surface area (Å²) < 4.78 is 5.62. The van der Waals surface area contributed by atoms with Crippen LogP contribution < -0.4 is 21.3 Å². The van der Waals surface area contributed by atoms with Gasteiger partial charge in [-0.2, -0.15) is 0 Å². The van der Waals surface area contributed by atoms with Crippen molar-refractivity contribution in [3.05, 3.63) is 60.2 Å². The molecular formula is C35H44N6O9. The first kappa shape index (κ1) is 37.5. The van der Waals surface area contributed by atoms with Gasteiger partial charge in [0, 0.05) is 25.6 Å². The molecule has 3 saturated heterocycles. The van der Waals surface area contributed by atoms with Crippen molar-refractivity contribution < 1.29 is 43.1 Å². The number of cyclic esters (lactones) is 1. The molecule has 0 spiro atoms. The van der Waals surface area contributed by atoms with Crippen LogP contribution in [0.2, 0.25) is 0 Å². The summed E-state index contributed by atoms with van der Waals surface area (Å²) in [5.41, 5.74) is 0.706. The van der Waals surface area contributed by atoms with Crippen molar-refractivity contribution >= 4 is 47.7 Å². The van der Waals surface area contributed by atoms with Gasteiger partial charge in [0.05, 0.1) is 0 Å². The monoisotopic (exact) mass is 692 g/mol. The second kappa shape index (κ2) is 17.4. The Morgan fingerprint density at radius 2 is 1.64 bits per heavy atom. The zero-order chi connectivity index (χ0) is 36.4. The van der Waals surface area contributed by atoms with Gasteiger partial charge in [-0.15, -0.1) is 0 Å². The number of rotatable bonds is 8. The van der Waals surface area contributed by atoms with Crippen LogP contribution >= 0.6 is 0 Å². The molecule has 1 aromatic rings. The van der Waals surface area contributed by atoms with Gasteiger partial charge in [-0.25, -0.2) is 4.79 Å². The average molecular weight is 693 g/mol. The molecule has 3 heterocycles. The lowest BCUT2D eigenvalue weighted by molar-refractivity contribution is -0.157. The second-order valence-corrected chi connectivity index (χ2v) is 12.8. The van der Waals surface area contributed by atoms with Crippen LogP contribution in [0.4, 0.5) is 0 Å². The maximum atomic E-state index is 14.1. The number of fused-ring (bicyclic) bond motifs is 2. The molecule has 268 valence electrons. The Kier molecular flexibility index (Phi) is 13.0. The molecule has 3 fully saturated rings. The zero-order valence-electron chi connectivity index (χ0n) is 28.3. The fourth-order valence-electron chi connectivity index (χ4n) is 6.28. The Bertz CT molecular complexity index is 1530. The van der Waals surface area contributed by atoms with E-state index in [4.69, 9.17) is 4.74 Å².